The molecule has 2 aliphatic rings. The molecule has 5 heteroatoms. The normalized spacial score (nSPS) is 21.8. The third kappa shape index (κ3) is 4.78. The van der Waals surface area contributed by atoms with Gasteiger partial charge in [-0.05, 0) is 51.3 Å². The number of aryl methyl sites for hydroxylation is 1. The lowest BCUT2D eigenvalue weighted by Gasteiger charge is -2.36. The molecule has 1 saturated heterocycles. The first-order valence-electron chi connectivity index (χ1n) is 8.81. The lowest BCUT2D eigenvalue weighted by molar-refractivity contribution is 0.151. The molecule has 0 amide bonds. The van der Waals surface area contributed by atoms with Crippen molar-refractivity contribution in [3.63, 3.8) is 0 Å². The van der Waals surface area contributed by atoms with Crippen LogP contribution in [0.25, 0.3) is 0 Å². The summed E-state index contributed by atoms with van der Waals surface area (Å²) in [5.41, 5.74) is 2.00. The van der Waals surface area contributed by atoms with Crippen molar-refractivity contribution in [3.05, 3.63) is 35.4 Å². The first-order chi connectivity index (χ1) is 11.0. The largest absolute Gasteiger partial charge is 0.300 e. The van der Waals surface area contributed by atoms with E-state index in [2.05, 4.69) is 9.62 Å². The molecule has 128 valence electrons. The van der Waals surface area contributed by atoms with Gasteiger partial charge < -0.3 is 4.90 Å². The quantitative estimate of drug-likeness (QED) is 0.899. The molecule has 1 saturated carbocycles. The summed E-state index contributed by atoms with van der Waals surface area (Å²) in [6.45, 7) is 4.07. The lowest BCUT2D eigenvalue weighted by atomic mass is 10.0. The maximum atomic E-state index is 12.4. The Morgan fingerprint density at radius 1 is 1.04 bits per heavy atom. The maximum Gasteiger partial charge on any atom is 0.216 e. The highest BCUT2D eigenvalue weighted by Gasteiger charge is 2.28. The minimum atomic E-state index is -3.25. The Morgan fingerprint density at radius 2 is 1.65 bits per heavy atom. The molecule has 3 rings (SSSR count). The molecule has 0 aromatic heterocycles. The minimum absolute atomic E-state index is 0.0795. The lowest BCUT2D eigenvalue weighted by Crippen LogP contribution is -2.47. The van der Waals surface area contributed by atoms with Gasteiger partial charge in [-0.25, -0.2) is 13.1 Å². The number of nitrogens with one attached hydrogen (secondary N) is 1. The van der Waals surface area contributed by atoms with E-state index in [0.717, 1.165) is 43.1 Å². The van der Waals surface area contributed by atoms with E-state index in [1.807, 2.05) is 31.2 Å². The van der Waals surface area contributed by atoms with Crippen LogP contribution in [0.15, 0.2) is 24.3 Å². The Morgan fingerprint density at radius 3 is 2.26 bits per heavy atom. The van der Waals surface area contributed by atoms with Gasteiger partial charge in [-0.1, -0.05) is 42.7 Å². The predicted octanol–water partition coefficient (Wildman–Crippen LogP) is 2.82. The van der Waals surface area contributed by atoms with E-state index in [4.69, 9.17) is 0 Å². The average Bonchev–Trinajstić information content (AvgIpc) is 3.04. The summed E-state index contributed by atoms with van der Waals surface area (Å²) < 4.78 is 27.6. The molecule has 2 fully saturated rings. The third-order valence-corrected chi connectivity index (χ3v) is 6.60. The van der Waals surface area contributed by atoms with Gasteiger partial charge in [0.1, 0.15) is 0 Å². The summed E-state index contributed by atoms with van der Waals surface area (Å²) >= 11 is 0. The van der Waals surface area contributed by atoms with Crippen LogP contribution in [0.2, 0.25) is 0 Å². The Hall–Kier alpha value is -0.910. The number of rotatable bonds is 5. The van der Waals surface area contributed by atoms with Crippen molar-refractivity contribution in [2.45, 2.75) is 63.3 Å². The molecule has 0 bridgehead atoms. The molecule has 1 aromatic carbocycles. The van der Waals surface area contributed by atoms with Crippen LogP contribution in [0.5, 0.6) is 0 Å². The monoisotopic (exact) mass is 336 g/mol. The van der Waals surface area contributed by atoms with Crippen molar-refractivity contribution in [3.8, 4) is 0 Å². The molecule has 1 N–H and O–H groups in total. The van der Waals surface area contributed by atoms with E-state index in [9.17, 15) is 8.42 Å². The predicted molar refractivity (Wildman–Crippen MR) is 93.8 cm³/mol. The second kappa shape index (κ2) is 7.32. The molecule has 1 aliphatic heterocycles. The van der Waals surface area contributed by atoms with Crippen LogP contribution in [0.4, 0.5) is 0 Å². The minimum Gasteiger partial charge on any atom is -0.300 e. The molecular formula is C18H28N2O2S. The van der Waals surface area contributed by atoms with Gasteiger partial charge in [-0.3, -0.25) is 0 Å². The van der Waals surface area contributed by atoms with Gasteiger partial charge in [0.2, 0.25) is 10.0 Å². The number of sulfonamides is 1. The molecule has 0 atom stereocenters. The number of hydrogen-bond donors (Lipinski definition) is 1. The van der Waals surface area contributed by atoms with Gasteiger partial charge in [-0.2, -0.15) is 0 Å². The zero-order chi connectivity index (χ0) is 16.3. The van der Waals surface area contributed by atoms with Crippen molar-refractivity contribution >= 4 is 10.0 Å². The molecule has 0 radical (unpaired) electrons. The van der Waals surface area contributed by atoms with Crippen LogP contribution in [0, 0.1) is 6.92 Å². The summed E-state index contributed by atoms with van der Waals surface area (Å²) in [7, 11) is -3.25. The van der Waals surface area contributed by atoms with Crippen LogP contribution < -0.4 is 4.72 Å². The fourth-order valence-corrected chi connectivity index (χ4v) is 5.31. The van der Waals surface area contributed by atoms with E-state index in [1.54, 1.807) is 0 Å². The summed E-state index contributed by atoms with van der Waals surface area (Å²) in [4.78, 5) is 2.57. The summed E-state index contributed by atoms with van der Waals surface area (Å²) in [6, 6.07) is 8.58. The van der Waals surface area contributed by atoms with Crippen molar-refractivity contribution < 1.29 is 8.42 Å². The smallest absolute Gasteiger partial charge is 0.216 e. The van der Waals surface area contributed by atoms with E-state index >= 15 is 0 Å². The van der Waals surface area contributed by atoms with Gasteiger partial charge >= 0.3 is 0 Å². The highest BCUT2D eigenvalue weighted by Crippen LogP contribution is 2.26. The van der Waals surface area contributed by atoms with E-state index in [1.165, 1.54) is 25.7 Å². The summed E-state index contributed by atoms with van der Waals surface area (Å²) in [5, 5.41) is 0. The highest BCUT2D eigenvalue weighted by atomic mass is 32.2. The Labute approximate surface area is 140 Å². The van der Waals surface area contributed by atoms with Crippen molar-refractivity contribution in [1.82, 2.24) is 9.62 Å². The van der Waals surface area contributed by atoms with Crippen LogP contribution in [0.3, 0.4) is 0 Å². The molecule has 0 spiro atoms. The zero-order valence-corrected chi connectivity index (χ0v) is 14.8. The molecule has 1 aliphatic carbocycles. The van der Waals surface area contributed by atoms with E-state index < -0.39 is 10.0 Å². The number of likely N-dealkylation sites (tertiary alicyclic amines) is 1. The summed E-state index contributed by atoms with van der Waals surface area (Å²) in [5.74, 6) is 0.0795. The van der Waals surface area contributed by atoms with Crippen molar-refractivity contribution in [1.29, 1.82) is 0 Å². The van der Waals surface area contributed by atoms with Gasteiger partial charge in [0.25, 0.3) is 0 Å². The standard InChI is InChI=1S/C18H28N2O2S/c1-15-6-8-16(9-7-15)14-23(21,22)19-17-10-12-20(13-11-17)18-4-2-3-5-18/h6-9,17-19H,2-5,10-14H2,1H3. The SMILES string of the molecule is Cc1ccc(CS(=O)(=O)NC2CCN(C3CCCC3)CC2)cc1. The Kier molecular flexibility index (Phi) is 5.39. The highest BCUT2D eigenvalue weighted by molar-refractivity contribution is 7.88. The maximum absolute atomic E-state index is 12.4. The zero-order valence-electron chi connectivity index (χ0n) is 14.0. The Balaban J connectivity index is 1.49. The topological polar surface area (TPSA) is 49.4 Å². The van der Waals surface area contributed by atoms with E-state index in [-0.39, 0.29) is 11.8 Å². The molecular weight excluding hydrogens is 308 g/mol. The van der Waals surface area contributed by atoms with Gasteiger partial charge in [0.15, 0.2) is 0 Å². The number of piperidine rings is 1. The molecule has 23 heavy (non-hydrogen) atoms. The van der Waals surface area contributed by atoms with Crippen LogP contribution in [-0.2, 0) is 15.8 Å². The first kappa shape index (κ1) is 16.9. The second-order valence-electron chi connectivity index (χ2n) is 7.11. The number of benzene rings is 1. The van der Waals surface area contributed by atoms with Gasteiger partial charge in [0.05, 0.1) is 5.75 Å². The third-order valence-electron chi connectivity index (χ3n) is 5.19. The first-order valence-corrected chi connectivity index (χ1v) is 10.5. The van der Waals surface area contributed by atoms with Crippen molar-refractivity contribution in [2.75, 3.05) is 13.1 Å². The average molecular weight is 337 g/mol. The van der Waals surface area contributed by atoms with Crippen molar-refractivity contribution in [2.24, 2.45) is 0 Å². The number of nitrogens with zero attached hydrogens (tertiary/aromatic N) is 1. The molecule has 0 unspecified atom stereocenters. The molecule has 4 nitrogen and oxygen atoms in total. The van der Waals surface area contributed by atoms with Gasteiger partial charge in [0, 0.05) is 12.1 Å². The number of hydrogen-bond acceptors (Lipinski definition) is 3. The van der Waals surface area contributed by atoms with Gasteiger partial charge in [-0.15, -0.1) is 0 Å². The fourth-order valence-electron chi connectivity index (χ4n) is 3.85. The molecule has 1 aromatic rings. The second-order valence-corrected chi connectivity index (χ2v) is 8.86. The van der Waals surface area contributed by atoms with E-state index in [0.29, 0.717) is 0 Å². The van der Waals surface area contributed by atoms with Crippen LogP contribution in [0.1, 0.15) is 49.7 Å². The van der Waals surface area contributed by atoms with Crippen LogP contribution in [-0.4, -0.2) is 38.5 Å². The van der Waals surface area contributed by atoms with Crippen LogP contribution >= 0.6 is 0 Å². The fraction of sp³-hybridized carbons (Fsp3) is 0.667. The Bertz CT molecular complexity index is 598. The molecule has 1 heterocycles. The summed E-state index contributed by atoms with van der Waals surface area (Å²) in [6.07, 6.45) is 7.22.